The molecule has 0 fully saturated rings. The van der Waals surface area contributed by atoms with Gasteiger partial charge < -0.3 is 10.4 Å². The minimum atomic E-state index is -0.948. The number of aromatic nitrogens is 1. The minimum absolute atomic E-state index is 0.0784. The number of hydrogen-bond donors (Lipinski definition) is 3. The fourth-order valence-corrected chi connectivity index (χ4v) is 1.86. The van der Waals surface area contributed by atoms with Crippen molar-refractivity contribution in [3.8, 4) is 0 Å². The van der Waals surface area contributed by atoms with Gasteiger partial charge in [0.15, 0.2) is 5.13 Å². The van der Waals surface area contributed by atoms with E-state index in [2.05, 4.69) is 15.6 Å². The Hall–Kier alpha value is -1.63. The van der Waals surface area contributed by atoms with Crippen molar-refractivity contribution in [2.75, 3.05) is 11.9 Å². The third kappa shape index (κ3) is 3.69. The molecule has 0 aliphatic heterocycles. The zero-order valence-corrected chi connectivity index (χ0v) is 11.4. The Bertz CT molecular complexity index is 446. The zero-order valence-electron chi connectivity index (χ0n) is 10.6. The summed E-state index contributed by atoms with van der Waals surface area (Å²) in [6, 6.07) is -0.440. The van der Waals surface area contributed by atoms with Gasteiger partial charge in [0, 0.05) is 11.9 Å². The minimum Gasteiger partial charge on any atom is -0.481 e. The topological polar surface area (TPSA) is 91.3 Å². The van der Waals surface area contributed by atoms with Crippen LogP contribution in [0.4, 0.5) is 9.93 Å². The second-order valence-electron chi connectivity index (χ2n) is 4.32. The van der Waals surface area contributed by atoms with Crippen LogP contribution >= 0.6 is 11.3 Å². The number of nitrogens with zero attached hydrogens (tertiary/aromatic N) is 1. The lowest BCUT2D eigenvalue weighted by molar-refractivity contribution is -0.147. The number of amides is 2. The summed E-state index contributed by atoms with van der Waals surface area (Å²) in [7, 11) is 0. The van der Waals surface area contributed by atoms with Crippen LogP contribution in [0.5, 0.6) is 0 Å². The first-order valence-corrected chi connectivity index (χ1v) is 6.45. The normalized spacial score (nSPS) is 13.7. The Morgan fingerprint density at radius 2 is 2.22 bits per heavy atom. The van der Waals surface area contributed by atoms with Crippen molar-refractivity contribution in [2.24, 2.45) is 5.41 Å². The highest BCUT2D eigenvalue weighted by Crippen LogP contribution is 2.20. The predicted molar refractivity (Wildman–Crippen MR) is 69.9 cm³/mol. The van der Waals surface area contributed by atoms with E-state index in [9.17, 15) is 9.59 Å². The summed E-state index contributed by atoms with van der Waals surface area (Å²) in [4.78, 5) is 26.7. The fourth-order valence-electron chi connectivity index (χ4n) is 1.18. The molecule has 18 heavy (non-hydrogen) atoms. The number of thiazole rings is 1. The molecule has 2 amide bonds. The first kappa shape index (κ1) is 14.4. The number of carboxylic acids is 1. The summed E-state index contributed by atoms with van der Waals surface area (Å²) < 4.78 is 0. The summed E-state index contributed by atoms with van der Waals surface area (Å²) >= 11 is 1.32. The van der Waals surface area contributed by atoms with Crippen molar-refractivity contribution in [3.63, 3.8) is 0 Å². The van der Waals surface area contributed by atoms with Crippen LogP contribution in [0.2, 0.25) is 0 Å². The molecule has 1 aromatic rings. The maximum Gasteiger partial charge on any atom is 0.321 e. The van der Waals surface area contributed by atoms with E-state index in [4.69, 9.17) is 5.11 Å². The van der Waals surface area contributed by atoms with E-state index < -0.39 is 17.4 Å². The van der Waals surface area contributed by atoms with E-state index in [0.717, 1.165) is 5.69 Å². The first-order chi connectivity index (χ1) is 8.37. The summed E-state index contributed by atoms with van der Waals surface area (Å²) in [5, 5.41) is 16.5. The molecule has 0 saturated carbocycles. The maximum absolute atomic E-state index is 11.6. The van der Waals surface area contributed by atoms with Gasteiger partial charge in [-0.05, 0) is 20.3 Å². The number of nitrogens with one attached hydrogen (secondary N) is 2. The van der Waals surface area contributed by atoms with Gasteiger partial charge in [-0.25, -0.2) is 9.78 Å². The monoisotopic (exact) mass is 271 g/mol. The van der Waals surface area contributed by atoms with Gasteiger partial charge in [-0.3, -0.25) is 10.1 Å². The number of hydrogen-bond acceptors (Lipinski definition) is 4. The van der Waals surface area contributed by atoms with Crippen molar-refractivity contribution < 1.29 is 14.7 Å². The number of carboxylic acid groups (broad SMARTS) is 1. The molecule has 0 radical (unpaired) electrons. The quantitative estimate of drug-likeness (QED) is 0.764. The molecular weight excluding hydrogens is 254 g/mol. The summed E-state index contributed by atoms with van der Waals surface area (Å²) in [6.45, 7) is 5.29. The summed E-state index contributed by atoms with van der Waals surface area (Å²) in [5.74, 6) is -0.921. The predicted octanol–water partition coefficient (Wildman–Crippen LogP) is 2.07. The van der Waals surface area contributed by atoms with Gasteiger partial charge in [0.25, 0.3) is 0 Å². The molecule has 1 rings (SSSR count). The molecular formula is C11H17N3O3S. The lowest BCUT2D eigenvalue weighted by atomic mass is 9.88. The van der Waals surface area contributed by atoms with Crippen LogP contribution in [-0.4, -0.2) is 28.6 Å². The molecule has 0 saturated heterocycles. The first-order valence-electron chi connectivity index (χ1n) is 5.58. The molecule has 100 valence electrons. The number of aliphatic carboxylic acids is 1. The van der Waals surface area contributed by atoms with Gasteiger partial charge in [0.05, 0.1) is 11.1 Å². The molecule has 1 heterocycles. The number of rotatable bonds is 5. The molecule has 0 bridgehead atoms. The molecule has 7 heteroatoms. The van der Waals surface area contributed by atoms with Crippen LogP contribution in [0.1, 0.15) is 26.0 Å². The zero-order chi connectivity index (χ0) is 13.8. The number of urea groups is 1. The Balaban J connectivity index is 2.48. The SMILES string of the molecule is CCC(C)(CNC(=O)Nc1nc(C)cs1)C(=O)O. The van der Waals surface area contributed by atoms with Crippen LogP contribution in [0.25, 0.3) is 0 Å². The Kier molecular flexibility index (Phi) is 4.66. The maximum atomic E-state index is 11.6. The van der Waals surface area contributed by atoms with Crippen LogP contribution in [0, 0.1) is 12.3 Å². The van der Waals surface area contributed by atoms with Crippen molar-refractivity contribution >= 4 is 28.5 Å². The second kappa shape index (κ2) is 5.81. The summed E-state index contributed by atoms with van der Waals surface area (Å²) in [5.41, 5.74) is -0.116. The molecule has 0 aromatic carbocycles. The molecule has 1 atom stereocenters. The van der Waals surface area contributed by atoms with Crippen molar-refractivity contribution in [3.05, 3.63) is 11.1 Å². The van der Waals surface area contributed by atoms with Crippen LogP contribution in [0.15, 0.2) is 5.38 Å². The third-order valence-corrected chi connectivity index (χ3v) is 3.65. The largest absolute Gasteiger partial charge is 0.481 e. The second-order valence-corrected chi connectivity index (χ2v) is 5.18. The highest BCUT2D eigenvalue weighted by atomic mass is 32.1. The van der Waals surface area contributed by atoms with E-state index in [-0.39, 0.29) is 6.54 Å². The Morgan fingerprint density at radius 3 is 2.67 bits per heavy atom. The van der Waals surface area contributed by atoms with Crippen molar-refractivity contribution in [2.45, 2.75) is 27.2 Å². The van der Waals surface area contributed by atoms with Crippen molar-refractivity contribution in [1.29, 1.82) is 0 Å². The molecule has 1 unspecified atom stereocenters. The number of carbonyl (C=O) groups excluding carboxylic acids is 1. The van der Waals surface area contributed by atoms with E-state index in [1.807, 2.05) is 12.3 Å². The molecule has 0 aliphatic rings. The van der Waals surface area contributed by atoms with E-state index in [0.29, 0.717) is 11.6 Å². The third-order valence-electron chi connectivity index (χ3n) is 2.78. The highest BCUT2D eigenvalue weighted by Gasteiger charge is 2.31. The van der Waals surface area contributed by atoms with Gasteiger partial charge in [-0.15, -0.1) is 11.3 Å². The Morgan fingerprint density at radius 1 is 1.56 bits per heavy atom. The molecule has 6 nitrogen and oxygen atoms in total. The molecule has 0 aliphatic carbocycles. The van der Waals surface area contributed by atoms with Gasteiger partial charge in [0.2, 0.25) is 0 Å². The Labute approximate surface area is 109 Å². The lowest BCUT2D eigenvalue weighted by Gasteiger charge is -2.23. The molecule has 1 aromatic heterocycles. The van der Waals surface area contributed by atoms with E-state index >= 15 is 0 Å². The van der Waals surface area contributed by atoms with Crippen LogP contribution in [0.3, 0.4) is 0 Å². The number of carbonyl (C=O) groups is 2. The lowest BCUT2D eigenvalue weighted by Crippen LogP contribution is -2.42. The van der Waals surface area contributed by atoms with Gasteiger partial charge in [0.1, 0.15) is 0 Å². The van der Waals surface area contributed by atoms with Crippen LogP contribution in [-0.2, 0) is 4.79 Å². The van der Waals surface area contributed by atoms with E-state index in [1.165, 1.54) is 11.3 Å². The average molecular weight is 271 g/mol. The smallest absolute Gasteiger partial charge is 0.321 e. The van der Waals surface area contributed by atoms with Gasteiger partial charge in [-0.2, -0.15) is 0 Å². The molecule has 3 N–H and O–H groups in total. The molecule has 0 spiro atoms. The van der Waals surface area contributed by atoms with Crippen molar-refractivity contribution in [1.82, 2.24) is 10.3 Å². The standard InChI is InChI=1S/C11H17N3O3S/c1-4-11(3,8(15)16)6-12-9(17)14-10-13-7(2)5-18-10/h5H,4,6H2,1-3H3,(H,15,16)(H2,12,13,14,17). The number of anilines is 1. The van der Waals surface area contributed by atoms with Gasteiger partial charge in [-0.1, -0.05) is 6.92 Å². The highest BCUT2D eigenvalue weighted by molar-refractivity contribution is 7.13. The van der Waals surface area contributed by atoms with Gasteiger partial charge >= 0.3 is 12.0 Å². The summed E-state index contributed by atoms with van der Waals surface area (Å²) in [6.07, 6.45) is 0.443. The van der Waals surface area contributed by atoms with Crippen LogP contribution < -0.4 is 10.6 Å². The average Bonchev–Trinajstić information content (AvgIpc) is 2.71. The van der Waals surface area contributed by atoms with E-state index in [1.54, 1.807) is 13.8 Å². The fraction of sp³-hybridized carbons (Fsp3) is 0.545. The number of aryl methyl sites for hydroxylation is 1.